The van der Waals surface area contributed by atoms with Gasteiger partial charge in [-0.2, -0.15) is 0 Å². The lowest BCUT2D eigenvalue weighted by Gasteiger charge is -2.22. The molecule has 0 saturated heterocycles. The summed E-state index contributed by atoms with van der Waals surface area (Å²) in [4.78, 5) is 39.5. The van der Waals surface area contributed by atoms with Gasteiger partial charge in [0.2, 0.25) is 5.91 Å². The first kappa shape index (κ1) is 23.8. The molecule has 0 aliphatic heterocycles. The van der Waals surface area contributed by atoms with Crippen molar-refractivity contribution in [2.24, 2.45) is 0 Å². The van der Waals surface area contributed by atoms with E-state index in [-0.39, 0.29) is 29.6 Å². The minimum absolute atomic E-state index is 0.0120. The summed E-state index contributed by atoms with van der Waals surface area (Å²) in [6.07, 6.45) is 5.95. The molecule has 0 unspecified atom stereocenters. The lowest BCUT2D eigenvalue weighted by atomic mass is 9.95. The molecular formula is C30H31N3O3. The number of amides is 1. The molecule has 6 nitrogen and oxygen atoms in total. The number of carbonyl (C=O) groups excluding carboxylic acids is 1. The molecule has 36 heavy (non-hydrogen) atoms. The van der Waals surface area contributed by atoms with E-state index in [2.05, 4.69) is 5.32 Å². The van der Waals surface area contributed by atoms with E-state index in [1.807, 2.05) is 61.5 Å². The average Bonchev–Trinajstić information content (AvgIpc) is 2.89. The third-order valence-corrected chi connectivity index (χ3v) is 7.04. The van der Waals surface area contributed by atoms with E-state index in [1.54, 1.807) is 22.8 Å². The molecule has 0 radical (unpaired) electrons. The Hall–Kier alpha value is -3.93. The van der Waals surface area contributed by atoms with Crippen LogP contribution < -0.4 is 16.6 Å². The summed E-state index contributed by atoms with van der Waals surface area (Å²) < 4.78 is 2.87. The second-order valence-electron chi connectivity index (χ2n) is 9.76. The van der Waals surface area contributed by atoms with E-state index in [4.69, 9.17) is 0 Å². The van der Waals surface area contributed by atoms with Gasteiger partial charge in [0, 0.05) is 6.04 Å². The Morgan fingerprint density at radius 2 is 1.53 bits per heavy atom. The molecular weight excluding hydrogens is 450 g/mol. The van der Waals surface area contributed by atoms with Gasteiger partial charge < -0.3 is 5.32 Å². The largest absolute Gasteiger partial charge is 0.353 e. The summed E-state index contributed by atoms with van der Waals surface area (Å²) in [5.41, 5.74) is 3.34. The Bertz CT molecular complexity index is 1490. The zero-order chi connectivity index (χ0) is 25.1. The Morgan fingerprint density at radius 3 is 2.25 bits per heavy atom. The average molecular weight is 482 g/mol. The van der Waals surface area contributed by atoms with Crippen molar-refractivity contribution in [3.63, 3.8) is 0 Å². The number of hydrogen-bond donors (Lipinski definition) is 1. The number of fused-ring (bicyclic) bond motifs is 1. The molecule has 1 aliphatic carbocycles. The lowest BCUT2D eigenvalue weighted by Crippen LogP contribution is -2.39. The Morgan fingerprint density at radius 1 is 0.861 bits per heavy atom. The van der Waals surface area contributed by atoms with Crippen LogP contribution in [0.4, 0.5) is 0 Å². The predicted octanol–water partition coefficient (Wildman–Crippen LogP) is 4.50. The number of hydrogen-bond acceptors (Lipinski definition) is 3. The van der Waals surface area contributed by atoms with Crippen molar-refractivity contribution in [2.75, 3.05) is 0 Å². The topological polar surface area (TPSA) is 73.1 Å². The first-order chi connectivity index (χ1) is 17.5. The monoisotopic (exact) mass is 481 g/mol. The summed E-state index contributed by atoms with van der Waals surface area (Å²) in [5, 5.41) is 3.62. The Balaban J connectivity index is 1.46. The minimum atomic E-state index is -0.387. The van der Waals surface area contributed by atoms with Gasteiger partial charge in [0.1, 0.15) is 0 Å². The first-order valence-corrected chi connectivity index (χ1v) is 12.7. The van der Waals surface area contributed by atoms with Gasteiger partial charge in [-0.1, -0.05) is 73.4 Å². The van der Waals surface area contributed by atoms with Crippen LogP contribution >= 0.6 is 0 Å². The quantitative estimate of drug-likeness (QED) is 0.441. The van der Waals surface area contributed by atoms with Crippen molar-refractivity contribution in [2.45, 2.75) is 58.0 Å². The molecule has 0 atom stereocenters. The number of aromatic nitrogens is 2. The van der Waals surface area contributed by atoms with Crippen molar-refractivity contribution >= 4 is 16.8 Å². The maximum absolute atomic E-state index is 13.6. The van der Waals surface area contributed by atoms with Gasteiger partial charge >= 0.3 is 5.69 Å². The molecule has 1 aliphatic rings. The van der Waals surface area contributed by atoms with Crippen molar-refractivity contribution in [1.29, 1.82) is 0 Å². The summed E-state index contributed by atoms with van der Waals surface area (Å²) in [5.74, 6) is 0.0120. The van der Waals surface area contributed by atoms with Crippen LogP contribution in [0.1, 0.15) is 48.8 Å². The molecule has 5 rings (SSSR count). The smallest absolute Gasteiger partial charge is 0.336 e. The summed E-state index contributed by atoms with van der Waals surface area (Å²) >= 11 is 0. The molecule has 4 aromatic rings. The van der Waals surface area contributed by atoms with Crippen LogP contribution in [0.3, 0.4) is 0 Å². The number of carbonyl (C=O) groups is 1. The summed E-state index contributed by atoms with van der Waals surface area (Å²) in [6.45, 7) is 2.38. The molecule has 1 aromatic heterocycles. The Kier molecular flexibility index (Phi) is 6.85. The van der Waals surface area contributed by atoms with Gasteiger partial charge in [0.05, 0.1) is 29.6 Å². The third kappa shape index (κ3) is 5.03. The molecule has 6 heteroatoms. The number of nitrogens with one attached hydrogen (secondary N) is 1. The Labute approximate surface area is 210 Å². The SMILES string of the molecule is Cc1ccc(Cn2c(=O)n(-c3ccc(CC(=O)NC4CCCCC4)cc3)c(=O)c3ccccc32)cc1. The highest BCUT2D eigenvalue weighted by molar-refractivity contribution is 5.79. The van der Waals surface area contributed by atoms with E-state index >= 15 is 0 Å². The van der Waals surface area contributed by atoms with Crippen molar-refractivity contribution in [3.05, 3.63) is 110 Å². The highest BCUT2D eigenvalue weighted by Gasteiger charge is 2.17. The van der Waals surface area contributed by atoms with E-state index < -0.39 is 0 Å². The van der Waals surface area contributed by atoms with Crippen LogP contribution in [0.2, 0.25) is 0 Å². The number of rotatable bonds is 6. The van der Waals surface area contributed by atoms with Crippen LogP contribution in [0.15, 0.2) is 82.4 Å². The maximum Gasteiger partial charge on any atom is 0.336 e. The van der Waals surface area contributed by atoms with E-state index in [1.165, 1.54) is 23.8 Å². The fraction of sp³-hybridized carbons (Fsp3) is 0.300. The van der Waals surface area contributed by atoms with Gasteiger partial charge in [0.15, 0.2) is 0 Å². The standard InChI is InChI=1S/C30H31N3O3/c1-21-11-13-23(14-12-21)20-32-27-10-6-5-9-26(27)29(35)33(30(32)36)25-17-15-22(16-18-25)19-28(34)31-24-7-3-2-4-8-24/h5-6,9-18,24H,2-4,7-8,19-20H2,1H3,(H,31,34). The molecule has 1 N–H and O–H groups in total. The number of aryl methyl sites for hydroxylation is 1. The molecule has 1 heterocycles. The second kappa shape index (κ2) is 10.4. The van der Waals surface area contributed by atoms with E-state index in [0.717, 1.165) is 29.5 Å². The van der Waals surface area contributed by atoms with Gasteiger partial charge in [-0.3, -0.25) is 14.2 Å². The van der Waals surface area contributed by atoms with Crippen LogP contribution in [-0.4, -0.2) is 21.1 Å². The van der Waals surface area contributed by atoms with Crippen LogP contribution in [0.25, 0.3) is 16.6 Å². The fourth-order valence-corrected chi connectivity index (χ4v) is 5.05. The number of para-hydroxylation sites is 1. The third-order valence-electron chi connectivity index (χ3n) is 7.04. The fourth-order valence-electron chi connectivity index (χ4n) is 5.05. The van der Waals surface area contributed by atoms with Crippen LogP contribution in [-0.2, 0) is 17.8 Å². The molecule has 0 bridgehead atoms. The predicted molar refractivity (Wildman–Crippen MR) is 143 cm³/mol. The molecule has 3 aromatic carbocycles. The van der Waals surface area contributed by atoms with Gasteiger partial charge in [-0.25, -0.2) is 9.36 Å². The van der Waals surface area contributed by atoms with Crippen LogP contribution in [0, 0.1) is 6.92 Å². The van der Waals surface area contributed by atoms with Crippen molar-refractivity contribution in [1.82, 2.24) is 14.5 Å². The number of nitrogens with zero attached hydrogens (tertiary/aromatic N) is 2. The number of benzene rings is 3. The highest BCUT2D eigenvalue weighted by atomic mass is 16.2. The van der Waals surface area contributed by atoms with E-state index in [0.29, 0.717) is 23.1 Å². The molecule has 1 saturated carbocycles. The first-order valence-electron chi connectivity index (χ1n) is 12.7. The normalized spacial score (nSPS) is 14.1. The summed E-state index contributed by atoms with van der Waals surface area (Å²) in [7, 11) is 0. The molecule has 1 amide bonds. The van der Waals surface area contributed by atoms with E-state index in [9.17, 15) is 14.4 Å². The minimum Gasteiger partial charge on any atom is -0.353 e. The van der Waals surface area contributed by atoms with Crippen LogP contribution in [0.5, 0.6) is 0 Å². The summed E-state index contributed by atoms with van der Waals surface area (Å²) in [6, 6.07) is 22.6. The molecule has 0 spiro atoms. The van der Waals surface area contributed by atoms with Crippen molar-refractivity contribution in [3.8, 4) is 5.69 Å². The zero-order valence-corrected chi connectivity index (χ0v) is 20.6. The molecule has 184 valence electrons. The second-order valence-corrected chi connectivity index (χ2v) is 9.76. The van der Waals surface area contributed by atoms with Gasteiger partial charge in [0.25, 0.3) is 5.56 Å². The van der Waals surface area contributed by atoms with Gasteiger partial charge in [-0.05, 0) is 55.2 Å². The van der Waals surface area contributed by atoms with Gasteiger partial charge in [-0.15, -0.1) is 0 Å². The van der Waals surface area contributed by atoms with Crippen molar-refractivity contribution < 1.29 is 4.79 Å². The lowest BCUT2D eigenvalue weighted by molar-refractivity contribution is -0.121. The zero-order valence-electron chi connectivity index (χ0n) is 20.6. The molecule has 1 fully saturated rings. The highest BCUT2D eigenvalue weighted by Crippen LogP contribution is 2.18. The maximum atomic E-state index is 13.6.